The number of amides is 3. The molecule has 4 aromatic rings. The molecule has 0 aliphatic carbocycles. The van der Waals surface area contributed by atoms with Gasteiger partial charge in [0.15, 0.2) is 11.6 Å². The SMILES string of the molecule is Cc1c(Br)cc(C(=O)N[C@@H](C(=O)Nc2ccc3c(c2)CC(=O)N3)c2ccccc2)c(=O)n1Cc1ccc(F)c(F)c1. The van der Waals surface area contributed by atoms with Crippen LogP contribution in [0, 0.1) is 18.6 Å². The van der Waals surface area contributed by atoms with Crippen LogP contribution in [-0.4, -0.2) is 22.3 Å². The van der Waals surface area contributed by atoms with Crippen molar-refractivity contribution >= 4 is 45.0 Å². The maximum absolute atomic E-state index is 13.8. The molecular weight excluding hydrogens is 598 g/mol. The standard InChI is InChI=1S/C30H23BrF2N4O4/c1-16-22(31)14-21(30(41)37(16)15-17-7-9-23(32)24(33)11-17)28(39)36-27(18-5-3-2-4-6-18)29(40)34-20-8-10-25-19(12-20)13-26(38)35-25/h2-12,14,27H,13,15H2,1H3,(H,34,40)(H,35,38)(H,36,39)/t27-/m1/s1. The second kappa shape index (κ2) is 11.5. The molecule has 0 saturated carbocycles. The van der Waals surface area contributed by atoms with Crippen LogP contribution in [0.4, 0.5) is 20.2 Å². The third-order valence-electron chi connectivity index (χ3n) is 6.73. The van der Waals surface area contributed by atoms with Gasteiger partial charge in [-0.05, 0) is 75.9 Å². The Morgan fingerprint density at radius 1 is 1.00 bits per heavy atom. The van der Waals surface area contributed by atoms with Crippen molar-refractivity contribution in [3.05, 3.63) is 127 Å². The van der Waals surface area contributed by atoms with Crippen molar-refractivity contribution in [3.8, 4) is 0 Å². The molecule has 0 unspecified atom stereocenters. The van der Waals surface area contributed by atoms with E-state index in [0.29, 0.717) is 32.7 Å². The molecule has 5 rings (SSSR count). The summed E-state index contributed by atoms with van der Waals surface area (Å²) in [5.41, 5.74) is 2.20. The molecule has 1 aliphatic heterocycles. The number of aromatic nitrogens is 1. The fourth-order valence-corrected chi connectivity index (χ4v) is 5.01. The summed E-state index contributed by atoms with van der Waals surface area (Å²) in [6.45, 7) is 1.53. The van der Waals surface area contributed by atoms with Crippen LogP contribution in [-0.2, 0) is 22.6 Å². The third-order valence-corrected chi connectivity index (χ3v) is 7.54. The van der Waals surface area contributed by atoms with E-state index in [1.165, 1.54) is 16.7 Å². The lowest BCUT2D eigenvalue weighted by atomic mass is 10.0. The Morgan fingerprint density at radius 2 is 1.76 bits per heavy atom. The number of hydrogen-bond acceptors (Lipinski definition) is 4. The first-order chi connectivity index (χ1) is 19.6. The van der Waals surface area contributed by atoms with E-state index in [9.17, 15) is 28.0 Å². The van der Waals surface area contributed by atoms with Gasteiger partial charge in [-0.15, -0.1) is 0 Å². The molecule has 1 atom stereocenters. The van der Waals surface area contributed by atoms with E-state index in [-0.39, 0.29) is 24.4 Å². The minimum atomic E-state index is -1.17. The van der Waals surface area contributed by atoms with Crippen LogP contribution in [0.25, 0.3) is 0 Å². The zero-order valence-electron chi connectivity index (χ0n) is 21.6. The normalized spacial score (nSPS) is 12.8. The Morgan fingerprint density at radius 3 is 2.49 bits per heavy atom. The number of halogens is 3. The first-order valence-electron chi connectivity index (χ1n) is 12.5. The molecule has 41 heavy (non-hydrogen) atoms. The summed E-state index contributed by atoms with van der Waals surface area (Å²) in [5.74, 6) is -3.57. The Hall–Kier alpha value is -4.64. The fourth-order valence-electron chi connectivity index (χ4n) is 4.57. The summed E-state index contributed by atoms with van der Waals surface area (Å²) in [7, 11) is 0. The van der Waals surface area contributed by atoms with Gasteiger partial charge in [-0.1, -0.05) is 36.4 Å². The maximum Gasteiger partial charge on any atom is 0.263 e. The van der Waals surface area contributed by atoms with Gasteiger partial charge in [0.25, 0.3) is 17.4 Å². The number of hydrogen-bond donors (Lipinski definition) is 3. The number of carbonyl (C=O) groups excluding carboxylic acids is 3. The van der Waals surface area contributed by atoms with Crippen LogP contribution in [0.15, 0.2) is 82.1 Å². The van der Waals surface area contributed by atoms with E-state index in [4.69, 9.17) is 0 Å². The monoisotopic (exact) mass is 620 g/mol. The second-order valence-corrected chi connectivity index (χ2v) is 10.4. The van der Waals surface area contributed by atoms with Crippen LogP contribution in [0.5, 0.6) is 0 Å². The lowest BCUT2D eigenvalue weighted by molar-refractivity contribution is -0.118. The number of carbonyl (C=O) groups is 3. The number of benzene rings is 3. The topological polar surface area (TPSA) is 109 Å². The predicted molar refractivity (Wildman–Crippen MR) is 153 cm³/mol. The second-order valence-electron chi connectivity index (χ2n) is 9.53. The van der Waals surface area contributed by atoms with Gasteiger partial charge in [-0.25, -0.2) is 8.78 Å². The molecule has 8 nitrogen and oxygen atoms in total. The van der Waals surface area contributed by atoms with Gasteiger partial charge in [0.05, 0.1) is 13.0 Å². The molecule has 0 fully saturated rings. The zero-order chi connectivity index (χ0) is 29.3. The van der Waals surface area contributed by atoms with Crippen molar-refractivity contribution in [1.29, 1.82) is 0 Å². The van der Waals surface area contributed by atoms with Crippen LogP contribution in [0.1, 0.15) is 38.8 Å². The summed E-state index contributed by atoms with van der Waals surface area (Å²) < 4.78 is 28.9. The number of pyridine rings is 1. The van der Waals surface area contributed by atoms with Crippen molar-refractivity contribution in [2.45, 2.75) is 25.9 Å². The Kier molecular flexibility index (Phi) is 7.80. The Balaban J connectivity index is 1.44. The molecule has 0 spiro atoms. The molecule has 2 heterocycles. The highest BCUT2D eigenvalue weighted by Crippen LogP contribution is 2.27. The zero-order valence-corrected chi connectivity index (χ0v) is 23.2. The number of fused-ring (bicyclic) bond motifs is 1. The third kappa shape index (κ3) is 5.94. The number of nitrogens with one attached hydrogen (secondary N) is 3. The summed E-state index contributed by atoms with van der Waals surface area (Å²) in [4.78, 5) is 52.1. The Bertz CT molecular complexity index is 1760. The molecule has 1 aliphatic rings. The summed E-state index contributed by atoms with van der Waals surface area (Å²) >= 11 is 3.37. The van der Waals surface area contributed by atoms with Gasteiger partial charge in [0, 0.05) is 21.5 Å². The van der Waals surface area contributed by atoms with Gasteiger partial charge < -0.3 is 20.5 Å². The van der Waals surface area contributed by atoms with Crippen molar-refractivity contribution in [2.75, 3.05) is 10.6 Å². The first-order valence-corrected chi connectivity index (χ1v) is 13.3. The average molecular weight is 621 g/mol. The quantitative estimate of drug-likeness (QED) is 0.274. The highest BCUT2D eigenvalue weighted by Gasteiger charge is 2.27. The number of nitrogens with zero attached hydrogens (tertiary/aromatic N) is 1. The van der Waals surface area contributed by atoms with Gasteiger partial charge in [-0.2, -0.15) is 0 Å². The number of rotatable bonds is 7. The average Bonchev–Trinajstić information content (AvgIpc) is 3.33. The van der Waals surface area contributed by atoms with Crippen molar-refractivity contribution in [3.63, 3.8) is 0 Å². The molecule has 0 radical (unpaired) electrons. The van der Waals surface area contributed by atoms with E-state index < -0.39 is 35.0 Å². The summed E-state index contributed by atoms with van der Waals surface area (Å²) in [5, 5.41) is 8.17. The Labute approximate surface area is 241 Å². The lowest BCUT2D eigenvalue weighted by Gasteiger charge is -2.20. The molecule has 11 heteroatoms. The van der Waals surface area contributed by atoms with Gasteiger partial charge in [0.1, 0.15) is 11.6 Å². The smallest absolute Gasteiger partial charge is 0.263 e. The minimum absolute atomic E-state index is 0.111. The largest absolute Gasteiger partial charge is 0.336 e. The highest BCUT2D eigenvalue weighted by atomic mass is 79.9. The van der Waals surface area contributed by atoms with Gasteiger partial charge in [-0.3, -0.25) is 19.2 Å². The van der Waals surface area contributed by atoms with Gasteiger partial charge >= 0.3 is 0 Å². The van der Waals surface area contributed by atoms with E-state index in [1.807, 2.05) is 0 Å². The minimum Gasteiger partial charge on any atom is -0.336 e. The van der Waals surface area contributed by atoms with E-state index in [2.05, 4.69) is 31.9 Å². The summed E-state index contributed by atoms with van der Waals surface area (Å²) in [6, 6.07) is 17.0. The molecule has 1 aromatic heterocycles. The van der Waals surface area contributed by atoms with E-state index >= 15 is 0 Å². The fraction of sp³-hybridized carbons (Fsp3) is 0.133. The molecule has 208 valence electrons. The van der Waals surface area contributed by atoms with Crippen molar-refractivity contribution in [2.24, 2.45) is 0 Å². The van der Waals surface area contributed by atoms with Crippen LogP contribution < -0.4 is 21.5 Å². The van der Waals surface area contributed by atoms with Gasteiger partial charge in [0.2, 0.25) is 5.91 Å². The van der Waals surface area contributed by atoms with Crippen LogP contribution in [0.2, 0.25) is 0 Å². The first kappa shape index (κ1) is 27.9. The van der Waals surface area contributed by atoms with Crippen molar-refractivity contribution < 1.29 is 23.2 Å². The van der Waals surface area contributed by atoms with Crippen LogP contribution in [0.3, 0.4) is 0 Å². The molecular formula is C30H23BrF2N4O4. The molecule has 3 amide bonds. The molecule has 3 aromatic carbocycles. The molecule has 0 saturated heterocycles. The summed E-state index contributed by atoms with van der Waals surface area (Å²) in [6.07, 6.45) is 0.192. The van der Waals surface area contributed by atoms with Crippen molar-refractivity contribution in [1.82, 2.24) is 9.88 Å². The van der Waals surface area contributed by atoms with E-state index in [1.54, 1.807) is 55.5 Å². The van der Waals surface area contributed by atoms with Crippen LogP contribution >= 0.6 is 15.9 Å². The van der Waals surface area contributed by atoms with E-state index in [0.717, 1.165) is 17.7 Å². The highest BCUT2D eigenvalue weighted by molar-refractivity contribution is 9.10. The predicted octanol–water partition coefficient (Wildman–Crippen LogP) is 4.85. The molecule has 0 bridgehead atoms. The molecule has 3 N–H and O–H groups in total. The lowest BCUT2D eigenvalue weighted by Crippen LogP contribution is -2.40. The maximum atomic E-state index is 13.8. The number of anilines is 2.